The van der Waals surface area contributed by atoms with Crippen molar-refractivity contribution >= 4 is 17.5 Å². The number of carbonyl (C=O) groups excluding carboxylic acids is 1. The molecule has 0 aromatic rings. The van der Waals surface area contributed by atoms with Gasteiger partial charge in [0.1, 0.15) is 5.78 Å². The Labute approximate surface area is 93.0 Å². The zero-order chi connectivity index (χ0) is 10.6. The molecule has 1 nitrogen and oxygen atoms in total. The van der Waals surface area contributed by atoms with Crippen molar-refractivity contribution in [1.29, 1.82) is 0 Å². The third kappa shape index (κ3) is 10.1. The molecule has 0 fully saturated rings. The molecule has 0 N–H and O–H groups in total. The highest BCUT2D eigenvalue weighted by atomic mass is 32.2. The molecule has 14 heavy (non-hydrogen) atoms. The number of hydrogen-bond acceptors (Lipinski definition) is 2. The topological polar surface area (TPSA) is 17.1 Å². The average molecular weight is 216 g/mol. The van der Waals surface area contributed by atoms with Gasteiger partial charge < -0.3 is 0 Å². The van der Waals surface area contributed by atoms with Crippen LogP contribution < -0.4 is 0 Å². The number of thioether (sulfide) groups is 1. The molecule has 0 amide bonds. The molecule has 0 spiro atoms. The molecule has 0 aliphatic heterocycles. The zero-order valence-corrected chi connectivity index (χ0v) is 10.5. The standard InChI is InChI=1S/C12H24OS/c1-3-5-6-7-10-14-11-9-12(13)8-4-2/h3-11H2,1-2H3. The van der Waals surface area contributed by atoms with Crippen molar-refractivity contribution in [3.63, 3.8) is 0 Å². The third-order valence-electron chi connectivity index (χ3n) is 2.20. The van der Waals surface area contributed by atoms with Gasteiger partial charge in [0.2, 0.25) is 0 Å². The first-order valence-corrected chi connectivity index (χ1v) is 7.06. The van der Waals surface area contributed by atoms with Gasteiger partial charge in [0.05, 0.1) is 0 Å². The van der Waals surface area contributed by atoms with Gasteiger partial charge in [-0.1, -0.05) is 33.1 Å². The van der Waals surface area contributed by atoms with Gasteiger partial charge >= 0.3 is 0 Å². The van der Waals surface area contributed by atoms with Crippen LogP contribution in [0.25, 0.3) is 0 Å². The Morgan fingerprint density at radius 1 is 0.929 bits per heavy atom. The molecule has 0 radical (unpaired) electrons. The van der Waals surface area contributed by atoms with Gasteiger partial charge in [-0.15, -0.1) is 0 Å². The van der Waals surface area contributed by atoms with E-state index in [1.165, 1.54) is 31.4 Å². The predicted octanol–water partition coefficient (Wildman–Crippen LogP) is 4.06. The van der Waals surface area contributed by atoms with Gasteiger partial charge in [0.15, 0.2) is 0 Å². The van der Waals surface area contributed by atoms with Crippen LogP contribution in [-0.4, -0.2) is 17.3 Å². The Kier molecular flexibility index (Phi) is 11.1. The van der Waals surface area contributed by atoms with Crippen molar-refractivity contribution < 1.29 is 4.79 Å². The van der Waals surface area contributed by atoms with E-state index in [9.17, 15) is 4.79 Å². The molecule has 0 saturated carbocycles. The summed E-state index contributed by atoms with van der Waals surface area (Å²) < 4.78 is 0. The van der Waals surface area contributed by atoms with Crippen LogP contribution in [0.4, 0.5) is 0 Å². The molecule has 2 heteroatoms. The molecule has 0 unspecified atom stereocenters. The van der Waals surface area contributed by atoms with Gasteiger partial charge in [0, 0.05) is 18.6 Å². The highest BCUT2D eigenvalue weighted by Crippen LogP contribution is 2.09. The average Bonchev–Trinajstić information content (AvgIpc) is 2.17. The predicted molar refractivity (Wildman–Crippen MR) is 66.0 cm³/mol. The SMILES string of the molecule is CCCCCCSCCC(=O)CCC. The maximum atomic E-state index is 11.2. The van der Waals surface area contributed by atoms with Crippen LogP contribution in [0.15, 0.2) is 0 Å². The first kappa shape index (κ1) is 14.0. The maximum Gasteiger partial charge on any atom is 0.133 e. The summed E-state index contributed by atoms with van der Waals surface area (Å²) in [6.45, 7) is 4.30. The second-order valence-corrected chi connectivity index (χ2v) is 4.94. The number of rotatable bonds is 10. The largest absolute Gasteiger partial charge is 0.300 e. The maximum absolute atomic E-state index is 11.2. The lowest BCUT2D eigenvalue weighted by Gasteiger charge is -2.00. The molecule has 0 aromatic carbocycles. The van der Waals surface area contributed by atoms with Gasteiger partial charge in [-0.2, -0.15) is 11.8 Å². The van der Waals surface area contributed by atoms with Crippen LogP contribution in [0.3, 0.4) is 0 Å². The number of carbonyl (C=O) groups is 1. The van der Waals surface area contributed by atoms with Gasteiger partial charge in [-0.3, -0.25) is 4.79 Å². The van der Waals surface area contributed by atoms with Crippen LogP contribution in [0.2, 0.25) is 0 Å². The van der Waals surface area contributed by atoms with E-state index in [0.29, 0.717) is 5.78 Å². The molecule has 0 rings (SSSR count). The van der Waals surface area contributed by atoms with Gasteiger partial charge in [-0.05, 0) is 18.6 Å². The number of Topliss-reactive ketones (excluding diaryl/α,β-unsaturated/α-hetero) is 1. The normalized spacial score (nSPS) is 10.4. The lowest BCUT2D eigenvalue weighted by Crippen LogP contribution is -1.98. The van der Waals surface area contributed by atoms with Gasteiger partial charge in [0.25, 0.3) is 0 Å². The highest BCUT2D eigenvalue weighted by molar-refractivity contribution is 7.99. The summed E-state index contributed by atoms with van der Waals surface area (Å²) >= 11 is 1.94. The number of hydrogen-bond donors (Lipinski definition) is 0. The van der Waals surface area contributed by atoms with Crippen LogP contribution in [0.1, 0.15) is 58.8 Å². The van der Waals surface area contributed by atoms with Crippen molar-refractivity contribution in [2.45, 2.75) is 58.8 Å². The second-order valence-electron chi connectivity index (χ2n) is 3.71. The van der Waals surface area contributed by atoms with E-state index in [1.54, 1.807) is 0 Å². The van der Waals surface area contributed by atoms with Crippen LogP contribution >= 0.6 is 11.8 Å². The minimum atomic E-state index is 0.438. The van der Waals surface area contributed by atoms with E-state index in [2.05, 4.69) is 13.8 Å². The number of ketones is 1. The van der Waals surface area contributed by atoms with Crippen molar-refractivity contribution in [2.75, 3.05) is 11.5 Å². The van der Waals surface area contributed by atoms with Crippen LogP contribution in [0, 0.1) is 0 Å². The molecule has 0 aliphatic rings. The minimum Gasteiger partial charge on any atom is -0.300 e. The lowest BCUT2D eigenvalue weighted by atomic mass is 10.2. The molecule has 0 saturated heterocycles. The van der Waals surface area contributed by atoms with Crippen molar-refractivity contribution in [3.05, 3.63) is 0 Å². The van der Waals surface area contributed by atoms with E-state index in [-0.39, 0.29) is 0 Å². The van der Waals surface area contributed by atoms with Crippen LogP contribution in [-0.2, 0) is 4.79 Å². The summed E-state index contributed by atoms with van der Waals surface area (Å²) in [7, 11) is 0. The minimum absolute atomic E-state index is 0.438. The Morgan fingerprint density at radius 2 is 1.71 bits per heavy atom. The van der Waals surface area contributed by atoms with Crippen molar-refractivity contribution in [3.8, 4) is 0 Å². The fraction of sp³-hybridized carbons (Fsp3) is 0.917. The number of unbranched alkanes of at least 4 members (excludes halogenated alkanes) is 3. The summed E-state index contributed by atoms with van der Waals surface area (Å²) in [4.78, 5) is 11.2. The Hall–Kier alpha value is 0.0200. The summed E-state index contributed by atoms with van der Waals surface area (Å²) in [5, 5.41) is 0. The molecule has 0 heterocycles. The molecule has 0 bridgehead atoms. The van der Waals surface area contributed by atoms with Crippen molar-refractivity contribution in [1.82, 2.24) is 0 Å². The molecular weight excluding hydrogens is 192 g/mol. The fourth-order valence-electron chi connectivity index (χ4n) is 1.32. The lowest BCUT2D eigenvalue weighted by molar-refractivity contribution is -0.118. The second kappa shape index (κ2) is 11.1. The van der Waals surface area contributed by atoms with E-state index in [0.717, 1.165) is 25.0 Å². The Bertz CT molecular complexity index is 134. The smallest absolute Gasteiger partial charge is 0.133 e. The summed E-state index contributed by atoms with van der Waals surface area (Å²) in [5.74, 6) is 2.71. The highest BCUT2D eigenvalue weighted by Gasteiger charge is 1.99. The first-order valence-electron chi connectivity index (χ1n) is 5.90. The third-order valence-corrected chi connectivity index (χ3v) is 3.27. The monoisotopic (exact) mass is 216 g/mol. The molecule has 84 valence electrons. The summed E-state index contributed by atoms with van der Waals surface area (Å²) in [6.07, 6.45) is 7.89. The van der Waals surface area contributed by atoms with E-state index in [4.69, 9.17) is 0 Å². The summed E-state index contributed by atoms with van der Waals surface area (Å²) in [5.41, 5.74) is 0. The molecular formula is C12H24OS. The van der Waals surface area contributed by atoms with Crippen molar-refractivity contribution in [2.24, 2.45) is 0 Å². The Morgan fingerprint density at radius 3 is 2.36 bits per heavy atom. The fourth-order valence-corrected chi connectivity index (χ4v) is 2.31. The Balaban J connectivity index is 3.01. The summed E-state index contributed by atoms with van der Waals surface area (Å²) in [6, 6.07) is 0. The quantitative estimate of drug-likeness (QED) is 0.512. The van der Waals surface area contributed by atoms with E-state index < -0.39 is 0 Å². The first-order chi connectivity index (χ1) is 6.81. The van der Waals surface area contributed by atoms with E-state index in [1.807, 2.05) is 11.8 Å². The molecule has 0 aromatic heterocycles. The molecule has 0 aliphatic carbocycles. The van der Waals surface area contributed by atoms with E-state index >= 15 is 0 Å². The molecule has 0 atom stereocenters. The zero-order valence-electron chi connectivity index (χ0n) is 9.68. The van der Waals surface area contributed by atoms with Crippen LogP contribution in [0.5, 0.6) is 0 Å². The van der Waals surface area contributed by atoms with Gasteiger partial charge in [-0.25, -0.2) is 0 Å².